The van der Waals surface area contributed by atoms with Gasteiger partial charge in [-0.1, -0.05) is 30.3 Å². The Kier molecular flexibility index (Phi) is 6.62. The van der Waals surface area contributed by atoms with Crippen molar-refractivity contribution in [1.82, 2.24) is 0 Å². The normalized spacial score (nSPS) is 28.4. The van der Waals surface area contributed by atoms with Gasteiger partial charge in [-0.3, -0.25) is 4.79 Å². The summed E-state index contributed by atoms with van der Waals surface area (Å²) in [5.41, 5.74) is 0.660. The molecule has 11 heteroatoms. The van der Waals surface area contributed by atoms with Crippen LogP contribution < -0.4 is 14.2 Å². The Morgan fingerprint density at radius 2 is 1.76 bits per heavy atom. The monoisotopic (exact) mass is 476 g/mol. The third kappa shape index (κ3) is 4.14. The number of aliphatic hydroxyl groups excluding tert-OH is 3. The lowest BCUT2D eigenvalue weighted by Gasteiger charge is -2.39. The van der Waals surface area contributed by atoms with Crippen molar-refractivity contribution < 1.29 is 53.7 Å². The maximum Gasteiger partial charge on any atom is 0.337 e. The zero-order chi connectivity index (χ0) is 24.6. The van der Waals surface area contributed by atoms with Gasteiger partial charge >= 0.3 is 5.97 Å². The van der Waals surface area contributed by atoms with E-state index in [9.17, 15) is 30.0 Å². The van der Waals surface area contributed by atoms with Crippen LogP contribution in [0.5, 0.6) is 23.0 Å². The number of ether oxygens (including phenoxy) is 5. The van der Waals surface area contributed by atoms with Gasteiger partial charge in [0.25, 0.3) is 0 Å². The van der Waals surface area contributed by atoms with Crippen molar-refractivity contribution in [2.24, 2.45) is 0 Å². The Bertz CT molecular complexity index is 1070. The molecule has 2 aromatic carbocycles. The van der Waals surface area contributed by atoms with Crippen LogP contribution in [0.3, 0.4) is 0 Å². The molecule has 4 rings (SSSR count). The number of hydrogen-bond donors (Lipinski definition) is 4. The minimum atomic E-state index is -1.81. The van der Waals surface area contributed by atoms with Crippen molar-refractivity contribution >= 4 is 11.8 Å². The molecule has 182 valence electrons. The maximum absolute atomic E-state index is 12.8. The Morgan fingerprint density at radius 1 is 1.06 bits per heavy atom. The topological polar surface area (TPSA) is 161 Å². The predicted octanol–water partition coefficient (Wildman–Crippen LogP) is 0.467. The van der Waals surface area contributed by atoms with Crippen molar-refractivity contribution in [3.8, 4) is 23.0 Å². The number of carbonyl (C=O) groups is 2. The Hall–Kier alpha value is -3.38. The smallest absolute Gasteiger partial charge is 0.337 e. The third-order valence-electron chi connectivity index (χ3n) is 5.72. The molecule has 2 heterocycles. The van der Waals surface area contributed by atoms with E-state index in [1.54, 1.807) is 24.3 Å². The lowest BCUT2D eigenvalue weighted by Crippen LogP contribution is -2.61. The fourth-order valence-corrected chi connectivity index (χ4v) is 3.95. The van der Waals surface area contributed by atoms with Gasteiger partial charge in [0.05, 0.1) is 20.6 Å². The molecule has 0 bridgehead atoms. The molecule has 0 radical (unpaired) electrons. The summed E-state index contributed by atoms with van der Waals surface area (Å²) in [5, 5.41) is 41.3. The predicted molar refractivity (Wildman–Crippen MR) is 113 cm³/mol. The number of hydrogen-bond acceptors (Lipinski definition) is 11. The molecule has 34 heavy (non-hydrogen) atoms. The first-order valence-corrected chi connectivity index (χ1v) is 10.4. The van der Waals surface area contributed by atoms with Gasteiger partial charge in [0.2, 0.25) is 12.0 Å². The van der Waals surface area contributed by atoms with E-state index in [0.29, 0.717) is 0 Å². The van der Waals surface area contributed by atoms with E-state index in [2.05, 4.69) is 4.74 Å². The number of ketones is 1. The minimum absolute atomic E-state index is 0.00815. The lowest BCUT2D eigenvalue weighted by molar-refractivity contribution is -0.272. The fourth-order valence-electron chi connectivity index (χ4n) is 3.95. The zero-order valence-electron chi connectivity index (χ0n) is 18.3. The van der Waals surface area contributed by atoms with Crippen molar-refractivity contribution in [3.63, 3.8) is 0 Å². The number of aliphatic hydroxyl groups is 3. The van der Waals surface area contributed by atoms with E-state index in [4.69, 9.17) is 18.9 Å². The highest BCUT2D eigenvalue weighted by molar-refractivity contribution is 6.03. The highest BCUT2D eigenvalue weighted by Gasteiger charge is 2.49. The highest BCUT2D eigenvalue weighted by Crippen LogP contribution is 2.49. The van der Waals surface area contributed by atoms with Gasteiger partial charge in [-0.05, 0) is 5.56 Å². The number of phenolic OH excluding ortho intramolecular Hbond substituents is 1. The summed E-state index contributed by atoms with van der Waals surface area (Å²) < 4.78 is 26.7. The zero-order valence-corrected chi connectivity index (χ0v) is 18.3. The molecule has 1 saturated heterocycles. The number of Topliss-reactive ketones (excluding diaryl/α,β-unsaturated/α-hetero) is 1. The second kappa shape index (κ2) is 9.47. The number of esters is 1. The van der Waals surface area contributed by atoms with E-state index < -0.39 is 48.5 Å². The second-order valence-electron chi connectivity index (χ2n) is 7.81. The van der Waals surface area contributed by atoms with Crippen LogP contribution >= 0.6 is 0 Å². The van der Waals surface area contributed by atoms with E-state index in [0.717, 1.165) is 12.7 Å². The summed E-state index contributed by atoms with van der Waals surface area (Å²) >= 11 is 0. The van der Waals surface area contributed by atoms with Gasteiger partial charge in [0, 0.05) is 6.07 Å². The van der Waals surface area contributed by atoms with E-state index in [1.807, 2.05) is 6.07 Å². The number of aromatic hydroxyl groups is 1. The van der Waals surface area contributed by atoms with Gasteiger partial charge in [0.1, 0.15) is 35.7 Å². The minimum Gasteiger partial charge on any atom is -0.504 e. The largest absolute Gasteiger partial charge is 0.504 e. The molecule has 2 aromatic rings. The van der Waals surface area contributed by atoms with E-state index in [-0.39, 0.29) is 35.0 Å². The van der Waals surface area contributed by atoms with Crippen LogP contribution in [0, 0.1) is 0 Å². The van der Waals surface area contributed by atoms with Crippen molar-refractivity contribution in [3.05, 3.63) is 47.5 Å². The number of fused-ring (bicyclic) bond motifs is 1. The average molecular weight is 476 g/mol. The van der Waals surface area contributed by atoms with Crippen LogP contribution in [0.1, 0.15) is 28.4 Å². The molecule has 4 N–H and O–H groups in total. The van der Waals surface area contributed by atoms with E-state index in [1.165, 1.54) is 13.2 Å². The number of carbonyl (C=O) groups excluding carboxylic acids is 2. The first kappa shape index (κ1) is 23.8. The molecule has 2 aliphatic rings. The summed E-state index contributed by atoms with van der Waals surface area (Å²) in [6.45, 7) is 0. The van der Waals surface area contributed by atoms with Crippen LogP contribution in [-0.4, -0.2) is 77.1 Å². The summed E-state index contributed by atoms with van der Waals surface area (Å²) in [7, 11) is 2.29. The van der Waals surface area contributed by atoms with Crippen molar-refractivity contribution in [2.75, 3.05) is 14.2 Å². The molecule has 0 amide bonds. The summed E-state index contributed by atoms with van der Waals surface area (Å²) in [5.74, 6) is -2.35. The van der Waals surface area contributed by atoms with Crippen LogP contribution in [0.25, 0.3) is 0 Å². The molecular formula is C23H24O11. The molecule has 1 fully saturated rings. The molecule has 0 saturated carbocycles. The molecule has 2 aliphatic heterocycles. The first-order valence-electron chi connectivity index (χ1n) is 10.4. The first-order chi connectivity index (χ1) is 16.3. The standard InChI is InChI=1S/C23H24O11/c1-30-20-14(33-23-19(28)17(26)18(27)21(34-23)22(29)31-2)9-13-15(16(20)25)11(24)8-12(32-13)10-6-4-3-5-7-10/h3-7,9,12,17-19,21,23,25-28H,8H2,1-2H3. The molecule has 6 unspecified atom stereocenters. The quantitative estimate of drug-likeness (QED) is 0.444. The number of rotatable bonds is 5. The number of benzene rings is 2. The second-order valence-corrected chi connectivity index (χ2v) is 7.81. The van der Waals surface area contributed by atoms with Gasteiger partial charge in [-0.2, -0.15) is 0 Å². The summed E-state index contributed by atoms with van der Waals surface area (Å²) in [6, 6.07) is 10.3. The van der Waals surface area contributed by atoms with Gasteiger partial charge in [-0.15, -0.1) is 0 Å². The fraction of sp³-hybridized carbons (Fsp3) is 0.391. The van der Waals surface area contributed by atoms with E-state index >= 15 is 0 Å². The molecule has 11 nitrogen and oxygen atoms in total. The van der Waals surface area contributed by atoms with Gasteiger partial charge in [-0.25, -0.2) is 4.79 Å². The van der Waals surface area contributed by atoms with Gasteiger partial charge in [0.15, 0.2) is 23.4 Å². The molecular weight excluding hydrogens is 452 g/mol. The summed E-state index contributed by atoms with van der Waals surface area (Å²) in [4.78, 5) is 24.8. The Balaban J connectivity index is 1.68. The molecule has 6 atom stereocenters. The summed E-state index contributed by atoms with van der Waals surface area (Å²) in [6.07, 6.45) is -9.29. The number of phenols is 1. The molecule has 0 aliphatic carbocycles. The Labute approximate surface area is 194 Å². The highest BCUT2D eigenvalue weighted by atomic mass is 16.7. The lowest BCUT2D eigenvalue weighted by atomic mass is 9.95. The van der Waals surface area contributed by atoms with Crippen LogP contribution in [-0.2, 0) is 14.3 Å². The molecule has 0 spiro atoms. The average Bonchev–Trinajstić information content (AvgIpc) is 2.84. The number of methoxy groups -OCH3 is 2. The van der Waals surface area contributed by atoms with Crippen LogP contribution in [0.4, 0.5) is 0 Å². The Morgan fingerprint density at radius 3 is 2.41 bits per heavy atom. The SMILES string of the molecule is COC(=O)C1OC(Oc2cc3c(c(O)c2OC)C(=O)CC(c2ccccc2)O3)C(O)C(O)C1O. The van der Waals surface area contributed by atoms with Crippen molar-refractivity contribution in [2.45, 2.75) is 43.2 Å². The van der Waals surface area contributed by atoms with Crippen LogP contribution in [0.15, 0.2) is 36.4 Å². The maximum atomic E-state index is 12.8. The molecule has 0 aromatic heterocycles. The van der Waals surface area contributed by atoms with Crippen LogP contribution in [0.2, 0.25) is 0 Å². The third-order valence-corrected chi connectivity index (χ3v) is 5.72. The van der Waals surface area contributed by atoms with Crippen molar-refractivity contribution in [1.29, 1.82) is 0 Å². The van der Waals surface area contributed by atoms with Gasteiger partial charge < -0.3 is 44.1 Å².